The van der Waals surface area contributed by atoms with Gasteiger partial charge in [-0.15, -0.1) is 0 Å². The van der Waals surface area contributed by atoms with Gasteiger partial charge in [-0.2, -0.15) is 0 Å². The first-order valence-electron chi connectivity index (χ1n) is 6.25. The van der Waals surface area contributed by atoms with Crippen LogP contribution in [0, 0.1) is 5.92 Å². The van der Waals surface area contributed by atoms with E-state index in [-0.39, 0.29) is 5.78 Å². The van der Waals surface area contributed by atoms with Crippen LogP contribution in [0.15, 0.2) is 23.9 Å². The van der Waals surface area contributed by atoms with Crippen LogP contribution < -0.4 is 0 Å². The Morgan fingerprint density at radius 1 is 1.42 bits per heavy atom. The number of Topliss-reactive ketones (excluding diaryl/α,β-unsaturated/α-hetero) is 1. The molecule has 1 aliphatic rings. The Balaban J connectivity index is 3.35. The second kappa shape index (κ2) is 5.46. The van der Waals surface area contributed by atoms with Crippen LogP contribution in [0.1, 0.15) is 20.8 Å². The van der Waals surface area contributed by atoms with Gasteiger partial charge in [-0.05, 0) is 32.9 Å². The molecule has 0 fully saturated rings. The smallest absolute Gasteiger partial charge is 0.199 e. The first-order chi connectivity index (χ1) is 8.67. The first-order valence-corrected chi connectivity index (χ1v) is 8.15. The van der Waals surface area contributed by atoms with Gasteiger partial charge in [0.1, 0.15) is 5.78 Å². The lowest BCUT2D eigenvalue weighted by molar-refractivity contribution is -0.122. The Kier molecular flexibility index (Phi) is 4.58. The van der Waals surface area contributed by atoms with Crippen molar-refractivity contribution < 1.29 is 18.3 Å². The van der Waals surface area contributed by atoms with E-state index in [0.717, 1.165) is 6.26 Å². The molecule has 0 radical (unpaired) electrons. The number of likely N-dealkylation sites (N-methyl/N-ethyl adjacent to an activating group) is 1. The van der Waals surface area contributed by atoms with Gasteiger partial charge in [-0.3, -0.25) is 4.79 Å². The fourth-order valence-electron chi connectivity index (χ4n) is 2.23. The number of carbonyl (C=O) groups is 1. The second-order valence-electron chi connectivity index (χ2n) is 4.71. The third-order valence-electron chi connectivity index (χ3n) is 3.42. The molecule has 5 nitrogen and oxygen atoms in total. The predicted octanol–water partition coefficient (Wildman–Crippen LogP) is 0.720. The number of nitrogens with zero attached hydrogens (tertiary/aromatic N) is 1. The van der Waals surface area contributed by atoms with E-state index in [9.17, 15) is 18.3 Å². The normalized spacial score (nSPS) is 27.0. The second-order valence-corrected chi connectivity index (χ2v) is 6.91. The van der Waals surface area contributed by atoms with Crippen molar-refractivity contribution in [1.82, 2.24) is 4.90 Å². The number of sulfone groups is 1. The molecule has 0 bridgehead atoms. The predicted molar refractivity (Wildman–Crippen MR) is 74.1 cm³/mol. The largest absolute Gasteiger partial charge is 0.372 e. The Hall–Kier alpha value is -1.14. The Morgan fingerprint density at radius 3 is 2.32 bits per heavy atom. The van der Waals surface area contributed by atoms with E-state index in [1.54, 1.807) is 6.08 Å². The van der Waals surface area contributed by atoms with Gasteiger partial charge in [-0.1, -0.05) is 6.08 Å². The zero-order valence-electron chi connectivity index (χ0n) is 11.8. The van der Waals surface area contributed by atoms with Crippen molar-refractivity contribution >= 4 is 15.6 Å². The maximum absolute atomic E-state index is 11.9. The van der Waals surface area contributed by atoms with Crippen molar-refractivity contribution in [2.45, 2.75) is 25.7 Å². The molecule has 1 N–H and O–H groups in total. The molecular formula is C13H21NO4S. The molecule has 6 heteroatoms. The monoisotopic (exact) mass is 287 g/mol. The van der Waals surface area contributed by atoms with Crippen LogP contribution in [-0.2, 0) is 14.6 Å². The van der Waals surface area contributed by atoms with Crippen LogP contribution in [0.3, 0.4) is 0 Å². The highest BCUT2D eigenvalue weighted by Gasteiger charge is 2.47. The van der Waals surface area contributed by atoms with Crippen molar-refractivity contribution in [3.05, 3.63) is 23.9 Å². The molecule has 0 aromatic carbocycles. The van der Waals surface area contributed by atoms with E-state index < -0.39 is 20.7 Å². The Bertz CT molecular complexity index is 517. The summed E-state index contributed by atoms with van der Waals surface area (Å²) in [6, 6.07) is 0. The SMILES string of the molecule is CCN(CC)C1=CC(O)(S(C)(=O)=O)C(C(C)=O)C=C1. The maximum atomic E-state index is 11.9. The molecule has 0 aliphatic heterocycles. The van der Waals surface area contributed by atoms with Crippen molar-refractivity contribution in [3.63, 3.8) is 0 Å². The lowest BCUT2D eigenvalue weighted by Gasteiger charge is -2.34. The van der Waals surface area contributed by atoms with Gasteiger partial charge in [0.2, 0.25) is 0 Å². The van der Waals surface area contributed by atoms with Gasteiger partial charge in [0, 0.05) is 25.0 Å². The van der Waals surface area contributed by atoms with Crippen molar-refractivity contribution in [3.8, 4) is 0 Å². The standard InChI is InChI=1S/C13H21NO4S/c1-5-14(6-2)11-7-8-12(10(3)15)13(16,9-11)19(4,17)18/h7-9,12,16H,5-6H2,1-4H3. The molecule has 2 unspecified atom stereocenters. The minimum absolute atomic E-state index is 0.376. The van der Waals surface area contributed by atoms with Gasteiger partial charge in [0.05, 0.1) is 5.92 Å². The summed E-state index contributed by atoms with van der Waals surface area (Å²) in [6.45, 7) is 6.54. The summed E-state index contributed by atoms with van der Waals surface area (Å²) in [5.41, 5.74) is 0.621. The molecule has 1 rings (SSSR count). The van der Waals surface area contributed by atoms with Crippen LogP contribution in [0.2, 0.25) is 0 Å². The summed E-state index contributed by atoms with van der Waals surface area (Å²) < 4.78 is 23.7. The topological polar surface area (TPSA) is 74.7 Å². The summed E-state index contributed by atoms with van der Waals surface area (Å²) in [5, 5.41) is 10.5. The lowest BCUT2D eigenvalue weighted by atomic mass is 9.92. The zero-order chi connectivity index (χ0) is 14.8. The number of aliphatic hydroxyl groups is 1. The minimum Gasteiger partial charge on any atom is -0.372 e. The molecule has 19 heavy (non-hydrogen) atoms. The highest BCUT2D eigenvalue weighted by molar-refractivity contribution is 7.92. The number of hydrogen-bond donors (Lipinski definition) is 1. The third kappa shape index (κ3) is 2.90. The van der Waals surface area contributed by atoms with Crippen molar-refractivity contribution in [1.29, 1.82) is 0 Å². The molecule has 2 atom stereocenters. The number of ketones is 1. The van der Waals surface area contributed by atoms with Crippen LogP contribution in [-0.4, -0.2) is 48.5 Å². The van der Waals surface area contributed by atoms with Crippen molar-refractivity contribution in [2.24, 2.45) is 5.92 Å². The number of carbonyl (C=O) groups excluding carboxylic acids is 1. The van der Waals surface area contributed by atoms with Crippen LogP contribution in [0.5, 0.6) is 0 Å². The van der Waals surface area contributed by atoms with E-state index in [2.05, 4.69) is 0 Å². The molecule has 0 amide bonds. The van der Waals surface area contributed by atoms with Gasteiger partial charge < -0.3 is 10.0 Å². The highest BCUT2D eigenvalue weighted by Crippen LogP contribution is 2.33. The summed E-state index contributed by atoms with van der Waals surface area (Å²) >= 11 is 0. The molecular weight excluding hydrogens is 266 g/mol. The van der Waals surface area contributed by atoms with E-state index in [1.807, 2.05) is 18.7 Å². The maximum Gasteiger partial charge on any atom is 0.199 e. The lowest BCUT2D eigenvalue weighted by Crippen LogP contribution is -2.48. The van der Waals surface area contributed by atoms with Crippen LogP contribution in [0.25, 0.3) is 0 Å². The molecule has 1 aliphatic carbocycles. The summed E-state index contributed by atoms with van der Waals surface area (Å²) in [7, 11) is -3.82. The van der Waals surface area contributed by atoms with E-state index >= 15 is 0 Å². The molecule has 0 aromatic heterocycles. The highest BCUT2D eigenvalue weighted by atomic mass is 32.2. The number of hydrogen-bond acceptors (Lipinski definition) is 5. The van der Waals surface area contributed by atoms with E-state index in [1.165, 1.54) is 19.1 Å². The van der Waals surface area contributed by atoms with E-state index in [4.69, 9.17) is 0 Å². The third-order valence-corrected chi connectivity index (χ3v) is 4.98. The Morgan fingerprint density at radius 2 is 1.95 bits per heavy atom. The van der Waals surface area contributed by atoms with Gasteiger partial charge >= 0.3 is 0 Å². The molecule has 0 heterocycles. The summed E-state index contributed by atoms with van der Waals surface area (Å²) in [6.07, 6.45) is 5.38. The minimum atomic E-state index is -3.82. The Labute approximate surface area is 114 Å². The number of rotatable bonds is 5. The number of allylic oxidation sites excluding steroid dienone is 1. The van der Waals surface area contributed by atoms with Crippen molar-refractivity contribution in [2.75, 3.05) is 19.3 Å². The average Bonchev–Trinajstić information content (AvgIpc) is 2.28. The van der Waals surface area contributed by atoms with Gasteiger partial charge in [0.25, 0.3) is 0 Å². The van der Waals surface area contributed by atoms with Gasteiger partial charge in [-0.25, -0.2) is 8.42 Å². The van der Waals surface area contributed by atoms with Crippen LogP contribution >= 0.6 is 0 Å². The van der Waals surface area contributed by atoms with Gasteiger partial charge in [0.15, 0.2) is 14.8 Å². The summed E-state index contributed by atoms with van der Waals surface area (Å²) in [4.78, 5) is 11.3. The molecule has 0 saturated heterocycles. The summed E-state index contributed by atoms with van der Waals surface area (Å²) in [5.74, 6) is -1.43. The first kappa shape index (κ1) is 15.9. The zero-order valence-corrected chi connectivity index (χ0v) is 12.6. The molecule has 0 aromatic rings. The fraction of sp³-hybridized carbons (Fsp3) is 0.615. The average molecular weight is 287 g/mol. The quantitative estimate of drug-likeness (QED) is 0.806. The fourth-order valence-corrected chi connectivity index (χ4v) is 3.27. The molecule has 108 valence electrons. The van der Waals surface area contributed by atoms with E-state index in [0.29, 0.717) is 18.8 Å². The molecule has 0 spiro atoms. The molecule has 0 saturated carbocycles. The van der Waals surface area contributed by atoms with Crippen LogP contribution in [0.4, 0.5) is 0 Å².